The molecule has 178 valence electrons. The second-order valence-electron chi connectivity index (χ2n) is 8.33. The van der Waals surface area contributed by atoms with Crippen molar-refractivity contribution < 1.29 is 14.3 Å². The molecule has 32 heavy (non-hydrogen) atoms. The van der Waals surface area contributed by atoms with Crippen LogP contribution in [-0.2, 0) is 14.3 Å². The Morgan fingerprint density at radius 2 is 1.75 bits per heavy atom. The summed E-state index contributed by atoms with van der Waals surface area (Å²) in [6.45, 7) is 7.28. The standard InChI is InChI=1S/C24H39N5O3/c1-25-24(29-13-10-22(11-14-29)32-20-6-19-31-2)26-12-9-23(30)28-17-15-27(16-18-28)21-7-4-3-5-8-21/h3-5,7-8,22H,6,9-20H2,1-2H3,(H,25,26). The Labute approximate surface area is 192 Å². The molecule has 2 saturated heterocycles. The van der Waals surface area contributed by atoms with Crippen molar-refractivity contribution in [3.63, 3.8) is 0 Å². The van der Waals surface area contributed by atoms with E-state index in [9.17, 15) is 4.79 Å². The number of hydrogen-bond donors (Lipinski definition) is 1. The first-order valence-electron chi connectivity index (χ1n) is 11.8. The number of amides is 1. The molecule has 3 rings (SSSR count). The summed E-state index contributed by atoms with van der Waals surface area (Å²) in [7, 11) is 3.52. The van der Waals surface area contributed by atoms with Crippen molar-refractivity contribution in [2.75, 3.05) is 78.1 Å². The fraction of sp³-hybridized carbons (Fsp3) is 0.667. The van der Waals surface area contributed by atoms with Crippen LogP contribution in [-0.4, -0.2) is 101 Å². The highest BCUT2D eigenvalue weighted by atomic mass is 16.5. The first kappa shape index (κ1) is 24.3. The predicted molar refractivity (Wildman–Crippen MR) is 128 cm³/mol. The van der Waals surface area contributed by atoms with Crippen LogP contribution in [0.25, 0.3) is 0 Å². The molecule has 1 aromatic carbocycles. The number of rotatable bonds is 9. The topological polar surface area (TPSA) is 69.6 Å². The van der Waals surface area contributed by atoms with Crippen molar-refractivity contribution in [3.8, 4) is 0 Å². The van der Waals surface area contributed by atoms with Crippen molar-refractivity contribution in [2.24, 2.45) is 4.99 Å². The highest BCUT2D eigenvalue weighted by molar-refractivity contribution is 5.81. The van der Waals surface area contributed by atoms with Gasteiger partial charge in [-0.2, -0.15) is 0 Å². The number of guanidine groups is 1. The quantitative estimate of drug-likeness (QED) is 0.355. The van der Waals surface area contributed by atoms with Crippen LogP contribution in [0.1, 0.15) is 25.7 Å². The molecule has 0 spiro atoms. The van der Waals surface area contributed by atoms with Gasteiger partial charge < -0.3 is 29.5 Å². The van der Waals surface area contributed by atoms with Crippen LogP contribution in [0.15, 0.2) is 35.3 Å². The summed E-state index contributed by atoms with van der Waals surface area (Å²) < 4.78 is 11.0. The molecule has 2 aliphatic rings. The normalized spacial score (nSPS) is 18.2. The Morgan fingerprint density at radius 1 is 1.03 bits per heavy atom. The van der Waals surface area contributed by atoms with Gasteiger partial charge in [0.05, 0.1) is 6.10 Å². The molecule has 2 heterocycles. The number of nitrogens with zero attached hydrogens (tertiary/aromatic N) is 4. The number of methoxy groups -OCH3 is 1. The van der Waals surface area contributed by atoms with E-state index in [-0.39, 0.29) is 5.91 Å². The molecule has 0 aromatic heterocycles. The number of anilines is 1. The molecular weight excluding hydrogens is 406 g/mol. The van der Waals surface area contributed by atoms with Gasteiger partial charge in [-0.25, -0.2) is 0 Å². The molecule has 8 heteroatoms. The third kappa shape index (κ3) is 7.38. The monoisotopic (exact) mass is 445 g/mol. The van der Waals surface area contributed by atoms with E-state index in [1.54, 1.807) is 14.2 Å². The Morgan fingerprint density at radius 3 is 2.41 bits per heavy atom. The lowest BCUT2D eigenvalue weighted by Gasteiger charge is -2.36. The van der Waals surface area contributed by atoms with Gasteiger partial charge in [-0.3, -0.25) is 9.79 Å². The lowest BCUT2D eigenvalue weighted by atomic mass is 10.1. The number of piperidine rings is 1. The van der Waals surface area contributed by atoms with Crippen molar-refractivity contribution in [1.82, 2.24) is 15.1 Å². The zero-order valence-corrected chi connectivity index (χ0v) is 19.7. The van der Waals surface area contributed by atoms with Gasteiger partial charge >= 0.3 is 0 Å². The summed E-state index contributed by atoms with van der Waals surface area (Å²) in [5, 5.41) is 3.38. The highest BCUT2D eigenvalue weighted by Gasteiger charge is 2.23. The van der Waals surface area contributed by atoms with Gasteiger partial charge in [-0.05, 0) is 31.4 Å². The number of ether oxygens (including phenoxy) is 2. The second kappa shape index (κ2) is 13.3. The molecule has 0 saturated carbocycles. The van der Waals surface area contributed by atoms with Crippen molar-refractivity contribution >= 4 is 17.6 Å². The smallest absolute Gasteiger partial charge is 0.224 e. The maximum absolute atomic E-state index is 12.7. The molecule has 0 atom stereocenters. The van der Waals surface area contributed by atoms with E-state index in [0.29, 0.717) is 19.1 Å². The third-order valence-electron chi connectivity index (χ3n) is 6.18. The number of para-hydroxylation sites is 1. The van der Waals surface area contributed by atoms with Gasteiger partial charge in [0, 0.05) is 85.3 Å². The highest BCUT2D eigenvalue weighted by Crippen LogP contribution is 2.16. The molecule has 2 fully saturated rings. The number of piperazine rings is 1. The number of carbonyl (C=O) groups excluding carboxylic acids is 1. The van der Waals surface area contributed by atoms with E-state index < -0.39 is 0 Å². The number of aliphatic imine (C=N–C) groups is 1. The fourth-order valence-electron chi connectivity index (χ4n) is 4.31. The Bertz CT molecular complexity index is 699. The minimum atomic E-state index is 0.212. The summed E-state index contributed by atoms with van der Waals surface area (Å²) >= 11 is 0. The SMILES string of the molecule is CN=C(NCCC(=O)N1CCN(c2ccccc2)CC1)N1CCC(OCCCOC)CC1. The molecule has 2 aliphatic heterocycles. The van der Waals surface area contributed by atoms with Gasteiger partial charge in [0.15, 0.2) is 5.96 Å². The van der Waals surface area contributed by atoms with E-state index in [4.69, 9.17) is 9.47 Å². The summed E-state index contributed by atoms with van der Waals surface area (Å²) in [5.74, 6) is 1.09. The molecule has 0 aliphatic carbocycles. The molecule has 1 amide bonds. The Hall–Kier alpha value is -2.32. The summed E-state index contributed by atoms with van der Waals surface area (Å²) in [4.78, 5) is 23.7. The third-order valence-corrected chi connectivity index (χ3v) is 6.18. The molecule has 0 radical (unpaired) electrons. The van der Waals surface area contributed by atoms with Gasteiger partial charge in [-0.15, -0.1) is 0 Å². The van der Waals surface area contributed by atoms with Crippen LogP contribution < -0.4 is 10.2 Å². The summed E-state index contributed by atoms with van der Waals surface area (Å²) in [6.07, 6.45) is 3.74. The van der Waals surface area contributed by atoms with Gasteiger partial charge in [0.25, 0.3) is 0 Å². The van der Waals surface area contributed by atoms with Crippen LogP contribution >= 0.6 is 0 Å². The number of nitrogens with one attached hydrogen (secondary N) is 1. The molecule has 8 nitrogen and oxygen atoms in total. The maximum Gasteiger partial charge on any atom is 0.224 e. The first-order chi connectivity index (χ1) is 15.7. The Kier molecular flexibility index (Phi) is 10.1. The van der Waals surface area contributed by atoms with Gasteiger partial charge in [-0.1, -0.05) is 18.2 Å². The number of hydrogen-bond acceptors (Lipinski definition) is 5. The Balaban J connectivity index is 1.32. The van der Waals surface area contributed by atoms with Crippen molar-refractivity contribution in [1.29, 1.82) is 0 Å². The van der Waals surface area contributed by atoms with Gasteiger partial charge in [0.2, 0.25) is 5.91 Å². The number of likely N-dealkylation sites (tertiary alicyclic amines) is 1. The van der Waals surface area contributed by atoms with E-state index in [0.717, 1.165) is 77.7 Å². The zero-order chi connectivity index (χ0) is 22.6. The second-order valence-corrected chi connectivity index (χ2v) is 8.33. The van der Waals surface area contributed by atoms with Crippen LogP contribution in [0.5, 0.6) is 0 Å². The molecule has 0 bridgehead atoms. The number of carbonyl (C=O) groups is 1. The van der Waals surface area contributed by atoms with Crippen LogP contribution in [0, 0.1) is 0 Å². The lowest BCUT2D eigenvalue weighted by Crippen LogP contribution is -2.50. The molecule has 0 unspecified atom stereocenters. The van der Waals surface area contributed by atoms with E-state index in [2.05, 4.69) is 44.4 Å². The van der Waals surface area contributed by atoms with Crippen LogP contribution in [0.3, 0.4) is 0 Å². The van der Waals surface area contributed by atoms with Crippen molar-refractivity contribution in [3.05, 3.63) is 30.3 Å². The van der Waals surface area contributed by atoms with Gasteiger partial charge in [0.1, 0.15) is 0 Å². The first-order valence-corrected chi connectivity index (χ1v) is 11.8. The molecule has 1 aromatic rings. The minimum Gasteiger partial charge on any atom is -0.385 e. The summed E-state index contributed by atoms with van der Waals surface area (Å²) in [5.41, 5.74) is 1.23. The van der Waals surface area contributed by atoms with E-state index >= 15 is 0 Å². The van der Waals surface area contributed by atoms with E-state index in [1.807, 2.05) is 11.0 Å². The van der Waals surface area contributed by atoms with Crippen LogP contribution in [0.2, 0.25) is 0 Å². The lowest BCUT2D eigenvalue weighted by molar-refractivity contribution is -0.131. The largest absolute Gasteiger partial charge is 0.385 e. The molecule has 1 N–H and O–H groups in total. The number of benzene rings is 1. The molecular formula is C24H39N5O3. The minimum absolute atomic E-state index is 0.212. The van der Waals surface area contributed by atoms with E-state index in [1.165, 1.54) is 5.69 Å². The average molecular weight is 446 g/mol. The summed E-state index contributed by atoms with van der Waals surface area (Å²) in [6, 6.07) is 10.4. The zero-order valence-electron chi connectivity index (χ0n) is 19.7. The maximum atomic E-state index is 12.7. The van der Waals surface area contributed by atoms with Crippen molar-refractivity contribution in [2.45, 2.75) is 31.8 Å². The predicted octanol–water partition coefficient (Wildman–Crippen LogP) is 1.82. The average Bonchev–Trinajstić information content (AvgIpc) is 2.85. The fourth-order valence-corrected chi connectivity index (χ4v) is 4.31. The van der Waals surface area contributed by atoms with Crippen LogP contribution in [0.4, 0.5) is 5.69 Å².